The van der Waals surface area contributed by atoms with Gasteiger partial charge in [0.1, 0.15) is 11.3 Å². The van der Waals surface area contributed by atoms with E-state index in [9.17, 15) is 9.59 Å². The minimum Gasteiger partial charge on any atom is -0.427 e. The van der Waals surface area contributed by atoms with Gasteiger partial charge in [0.2, 0.25) is 0 Å². The van der Waals surface area contributed by atoms with Gasteiger partial charge < -0.3 is 9.73 Å². The largest absolute Gasteiger partial charge is 0.427 e. The maximum atomic E-state index is 12.4. The number of thiazole rings is 1. The number of aromatic nitrogens is 1. The van der Waals surface area contributed by atoms with Gasteiger partial charge >= 0.3 is 5.63 Å². The third-order valence-corrected chi connectivity index (χ3v) is 5.38. The molecule has 2 heterocycles. The molecule has 0 atom stereocenters. The van der Waals surface area contributed by atoms with Gasteiger partial charge in [-0.25, -0.2) is 9.78 Å². The third-order valence-electron chi connectivity index (χ3n) is 4.31. The van der Waals surface area contributed by atoms with E-state index in [1.807, 2.05) is 19.9 Å². The lowest BCUT2D eigenvalue weighted by Crippen LogP contribution is -2.29. The zero-order valence-electron chi connectivity index (χ0n) is 13.6. The summed E-state index contributed by atoms with van der Waals surface area (Å²) in [4.78, 5) is 29.9. The summed E-state index contributed by atoms with van der Waals surface area (Å²) in [7, 11) is 0. The van der Waals surface area contributed by atoms with Gasteiger partial charge in [-0.05, 0) is 45.2 Å². The number of aryl methyl sites for hydroxylation is 3. The number of nitrogens with one attached hydrogen (secondary N) is 1. The molecule has 1 aliphatic carbocycles. The van der Waals surface area contributed by atoms with Gasteiger partial charge in [0.15, 0.2) is 0 Å². The SMILES string of the molecule is Cc1nc(C)c(CNC(=O)c2c(C)cc(C3CCC3)oc2=O)s1. The molecule has 1 fully saturated rings. The van der Waals surface area contributed by atoms with E-state index in [1.54, 1.807) is 18.3 Å². The fraction of sp³-hybridized carbons (Fsp3) is 0.471. The van der Waals surface area contributed by atoms with Crippen LogP contribution in [0, 0.1) is 20.8 Å². The van der Waals surface area contributed by atoms with Crippen molar-refractivity contribution in [1.29, 1.82) is 0 Å². The first kappa shape index (κ1) is 15.9. The number of rotatable bonds is 4. The molecule has 23 heavy (non-hydrogen) atoms. The Morgan fingerprint density at radius 3 is 2.65 bits per heavy atom. The Morgan fingerprint density at radius 1 is 1.39 bits per heavy atom. The number of hydrogen-bond donors (Lipinski definition) is 1. The first-order valence-corrected chi connectivity index (χ1v) is 8.63. The Labute approximate surface area is 138 Å². The maximum Gasteiger partial charge on any atom is 0.349 e. The Balaban J connectivity index is 1.76. The zero-order chi connectivity index (χ0) is 16.6. The topological polar surface area (TPSA) is 72.2 Å². The van der Waals surface area contributed by atoms with E-state index in [0.717, 1.165) is 28.4 Å². The van der Waals surface area contributed by atoms with Crippen molar-refractivity contribution in [3.63, 3.8) is 0 Å². The summed E-state index contributed by atoms with van der Waals surface area (Å²) in [5.74, 6) is 0.660. The van der Waals surface area contributed by atoms with Crippen molar-refractivity contribution in [1.82, 2.24) is 10.3 Å². The molecule has 1 amide bonds. The van der Waals surface area contributed by atoms with Crippen LogP contribution in [0.5, 0.6) is 0 Å². The number of nitrogens with zero attached hydrogens (tertiary/aromatic N) is 1. The van der Waals surface area contributed by atoms with Crippen molar-refractivity contribution in [3.05, 3.63) is 49.0 Å². The van der Waals surface area contributed by atoms with Gasteiger partial charge in [-0.15, -0.1) is 11.3 Å². The van der Waals surface area contributed by atoms with Crippen molar-refractivity contribution in [3.8, 4) is 0 Å². The molecule has 1 aliphatic rings. The smallest absolute Gasteiger partial charge is 0.349 e. The number of hydrogen-bond acceptors (Lipinski definition) is 5. The standard InChI is InChI=1S/C17H20N2O3S/c1-9-7-13(12-5-4-6-12)22-17(21)15(9)16(20)18-8-14-10(2)19-11(3)23-14/h7,12H,4-6,8H2,1-3H3,(H,18,20). The van der Waals surface area contributed by atoms with E-state index in [4.69, 9.17) is 4.42 Å². The van der Waals surface area contributed by atoms with E-state index >= 15 is 0 Å². The van der Waals surface area contributed by atoms with Crippen LogP contribution in [0.2, 0.25) is 0 Å². The third kappa shape index (κ3) is 3.22. The Hall–Kier alpha value is -1.95. The highest BCUT2D eigenvalue weighted by Crippen LogP contribution is 2.36. The molecule has 3 rings (SSSR count). The fourth-order valence-corrected chi connectivity index (χ4v) is 3.66. The van der Waals surface area contributed by atoms with Crippen LogP contribution in [0.15, 0.2) is 15.3 Å². The summed E-state index contributed by atoms with van der Waals surface area (Å²) in [5.41, 5.74) is 1.16. The molecule has 0 aliphatic heterocycles. The quantitative estimate of drug-likeness (QED) is 0.933. The molecule has 1 saturated carbocycles. The lowest BCUT2D eigenvalue weighted by molar-refractivity contribution is 0.0945. The molecule has 0 saturated heterocycles. The van der Waals surface area contributed by atoms with Crippen molar-refractivity contribution >= 4 is 17.2 Å². The van der Waals surface area contributed by atoms with Crippen LogP contribution in [-0.4, -0.2) is 10.9 Å². The zero-order valence-corrected chi connectivity index (χ0v) is 14.4. The first-order chi connectivity index (χ1) is 11.0. The molecule has 122 valence electrons. The van der Waals surface area contributed by atoms with Gasteiger partial charge in [0.05, 0.1) is 17.2 Å². The minimum atomic E-state index is -0.540. The average Bonchev–Trinajstić information content (AvgIpc) is 2.72. The van der Waals surface area contributed by atoms with E-state index in [-0.39, 0.29) is 11.5 Å². The van der Waals surface area contributed by atoms with Crippen molar-refractivity contribution in [2.24, 2.45) is 0 Å². The summed E-state index contributed by atoms with van der Waals surface area (Å²) in [5, 5.41) is 3.76. The van der Waals surface area contributed by atoms with Gasteiger partial charge in [0, 0.05) is 10.8 Å². The average molecular weight is 332 g/mol. The number of carbonyl (C=O) groups is 1. The summed E-state index contributed by atoms with van der Waals surface area (Å²) in [6.45, 7) is 6.01. The maximum absolute atomic E-state index is 12.4. The molecule has 0 radical (unpaired) electrons. The lowest BCUT2D eigenvalue weighted by atomic mass is 9.83. The second kappa shape index (κ2) is 6.28. The normalized spacial score (nSPS) is 14.6. The van der Waals surface area contributed by atoms with Crippen LogP contribution >= 0.6 is 11.3 Å². The van der Waals surface area contributed by atoms with E-state index in [0.29, 0.717) is 23.8 Å². The minimum absolute atomic E-state index is 0.104. The highest BCUT2D eigenvalue weighted by atomic mass is 32.1. The molecule has 5 nitrogen and oxygen atoms in total. The molecule has 1 N–H and O–H groups in total. The summed E-state index contributed by atoms with van der Waals surface area (Å²) in [6, 6.07) is 1.84. The molecule has 0 bridgehead atoms. The van der Waals surface area contributed by atoms with Crippen molar-refractivity contribution < 1.29 is 9.21 Å². The van der Waals surface area contributed by atoms with Crippen molar-refractivity contribution in [2.45, 2.75) is 52.5 Å². The molecule has 0 aromatic carbocycles. The van der Waals surface area contributed by atoms with Crippen LogP contribution in [0.4, 0.5) is 0 Å². The molecular weight excluding hydrogens is 312 g/mol. The van der Waals surface area contributed by atoms with E-state index < -0.39 is 5.63 Å². The highest BCUT2D eigenvalue weighted by Gasteiger charge is 2.25. The molecule has 0 spiro atoms. The van der Waals surface area contributed by atoms with Gasteiger partial charge in [-0.2, -0.15) is 0 Å². The Bertz CT molecular complexity index is 803. The van der Waals surface area contributed by atoms with Crippen LogP contribution in [0.1, 0.15) is 62.4 Å². The van der Waals surface area contributed by atoms with Crippen LogP contribution in [0.25, 0.3) is 0 Å². The first-order valence-electron chi connectivity index (χ1n) is 7.81. The van der Waals surface area contributed by atoms with E-state index in [1.165, 1.54) is 6.42 Å². The Kier molecular flexibility index (Phi) is 4.35. The predicted octanol–water partition coefficient (Wildman–Crippen LogP) is 3.22. The number of carbonyl (C=O) groups excluding carboxylic acids is 1. The van der Waals surface area contributed by atoms with Gasteiger partial charge in [-0.3, -0.25) is 4.79 Å². The second-order valence-corrected chi connectivity index (χ2v) is 7.33. The second-order valence-electron chi connectivity index (χ2n) is 6.05. The van der Waals surface area contributed by atoms with Crippen LogP contribution in [0.3, 0.4) is 0 Å². The van der Waals surface area contributed by atoms with Crippen LogP contribution < -0.4 is 10.9 Å². The molecular formula is C17H20N2O3S. The fourth-order valence-electron chi connectivity index (χ4n) is 2.79. The lowest BCUT2D eigenvalue weighted by Gasteiger charge is -2.24. The molecule has 2 aromatic rings. The highest BCUT2D eigenvalue weighted by molar-refractivity contribution is 7.11. The number of amides is 1. The van der Waals surface area contributed by atoms with Gasteiger partial charge in [0.25, 0.3) is 5.91 Å². The van der Waals surface area contributed by atoms with Crippen molar-refractivity contribution in [2.75, 3.05) is 0 Å². The van der Waals surface area contributed by atoms with Crippen LogP contribution in [-0.2, 0) is 6.54 Å². The molecule has 0 unspecified atom stereocenters. The van der Waals surface area contributed by atoms with Gasteiger partial charge in [-0.1, -0.05) is 6.42 Å². The summed E-state index contributed by atoms with van der Waals surface area (Å²) in [6.07, 6.45) is 3.28. The molecule has 6 heteroatoms. The van der Waals surface area contributed by atoms with E-state index in [2.05, 4.69) is 10.3 Å². The predicted molar refractivity (Wildman–Crippen MR) is 89.1 cm³/mol. The Morgan fingerprint density at radius 2 is 2.13 bits per heavy atom. The molecule has 2 aromatic heterocycles. The summed E-state index contributed by atoms with van der Waals surface area (Å²) >= 11 is 1.55. The summed E-state index contributed by atoms with van der Waals surface area (Å²) < 4.78 is 5.37. The monoisotopic (exact) mass is 332 g/mol.